The molecule has 0 radical (unpaired) electrons. The highest BCUT2D eigenvalue weighted by atomic mass is 16.5. The van der Waals surface area contributed by atoms with Gasteiger partial charge in [-0.2, -0.15) is 0 Å². The Morgan fingerprint density at radius 3 is 2.08 bits per heavy atom. The van der Waals surface area contributed by atoms with Crippen molar-refractivity contribution in [3.05, 3.63) is 89.5 Å². The van der Waals surface area contributed by atoms with E-state index < -0.39 is 17.7 Å². The molecule has 3 aromatic rings. The van der Waals surface area contributed by atoms with E-state index in [-0.39, 0.29) is 24.5 Å². The van der Waals surface area contributed by atoms with Gasteiger partial charge in [-0.05, 0) is 61.0 Å². The van der Waals surface area contributed by atoms with Crippen molar-refractivity contribution >= 4 is 17.4 Å². The molecule has 8 nitrogen and oxygen atoms in total. The van der Waals surface area contributed by atoms with Gasteiger partial charge in [0.1, 0.15) is 35.4 Å². The number of ketones is 1. The van der Waals surface area contributed by atoms with Gasteiger partial charge in [-0.1, -0.05) is 24.3 Å². The van der Waals surface area contributed by atoms with Crippen molar-refractivity contribution in [2.45, 2.75) is 13.0 Å². The molecule has 0 spiro atoms. The molecule has 192 valence electrons. The van der Waals surface area contributed by atoms with Crippen molar-refractivity contribution in [2.75, 3.05) is 34.0 Å². The van der Waals surface area contributed by atoms with Crippen molar-refractivity contribution in [3.8, 4) is 23.0 Å². The normalized spacial score (nSPS) is 16.5. The summed E-state index contributed by atoms with van der Waals surface area (Å²) < 4.78 is 21.8. The monoisotopic (exact) mass is 503 g/mol. The molecule has 1 unspecified atom stereocenters. The Bertz CT molecular complexity index is 1280. The van der Waals surface area contributed by atoms with E-state index in [9.17, 15) is 14.7 Å². The molecule has 1 saturated heterocycles. The van der Waals surface area contributed by atoms with Crippen LogP contribution in [0.4, 0.5) is 0 Å². The predicted octanol–water partition coefficient (Wildman–Crippen LogP) is 4.60. The lowest BCUT2D eigenvalue weighted by Gasteiger charge is -2.25. The molecular weight excluding hydrogens is 474 g/mol. The zero-order valence-electron chi connectivity index (χ0n) is 21.0. The van der Waals surface area contributed by atoms with Crippen molar-refractivity contribution in [1.29, 1.82) is 0 Å². The zero-order chi connectivity index (χ0) is 26.4. The molecule has 4 rings (SSSR count). The maximum atomic E-state index is 13.2. The highest BCUT2D eigenvalue weighted by molar-refractivity contribution is 6.46. The lowest BCUT2D eigenvalue weighted by Crippen LogP contribution is -2.33. The number of aliphatic hydroxyl groups is 1. The summed E-state index contributed by atoms with van der Waals surface area (Å²) in [6.07, 6.45) is 0. The van der Waals surface area contributed by atoms with Crippen LogP contribution in [-0.4, -0.2) is 55.7 Å². The molecule has 0 aromatic heterocycles. The highest BCUT2D eigenvalue weighted by Gasteiger charge is 2.46. The summed E-state index contributed by atoms with van der Waals surface area (Å²) in [6.45, 7) is 2.58. The Morgan fingerprint density at radius 2 is 1.46 bits per heavy atom. The van der Waals surface area contributed by atoms with Crippen molar-refractivity contribution < 1.29 is 33.6 Å². The Morgan fingerprint density at radius 1 is 0.838 bits per heavy atom. The Balaban J connectivity index is 1.68. The lowest BCUT2D eigenvalue weighted by atomic mass is 9.95. The Labute approximate surface area is 215 Å². The number of hydrogen-bond donors (Lipinski definition) is 1. The average Bonchev–Trinajstić information content (AvgIpc) is 3.18. The maximum Gasteiger partial charge on any atom is 0.295 e. The first-order valence-corrected chi connectivity index (χ1v) is 11.9. The van der Waals surface area contributed by atoms with Crippen molar-refractivity contribution in [2.24, 2.45) is 0 Å². The maximum absolute atomic E-state index is 13.2. The molecule has 8 heteroatoms. The highest BCUT2D eigenvalue weighted by Crippen LogP contribution is 2.40. The van der Waals surface area contributed by atoms with Gasteiger partial charge < -0.3 is 29.0 Å². The fourth-order valence-electron chi connectivity index (χ4n) is 4.23. The Hall–Kier alpha value is -4.46. The molecule has 1 fully saturated rings. The van der Waals surface area contributed by atoms with Crippen LogP contribution >= 0.6 is 0 Å². The number of likely N-dealkylation sites (tertiary alicyclic amines) is 1. The van der Waals surface area contributed by atoms with Crippen LogP contribution < -0.4 is 18.9 Å². The van der Waals surface area contributed by atoms with E-state index in [1.165, 1.54) is 4.90 Å². The first-order chi connectivity index (χ1) is 18.0. The van der Waals surface area contributed by atoms with Crippen LogP contribution in [0, 0.1) is 0 Å². The van der Waals surface area contributed by atoms with Gasteiger partial charge in [-0.15, -0.1) is 0 Å². The quantitative estimate of drug-likeness (QED) is 0.245. The van der Waals surface area contributed by atoms with Gasteiger partial charge in [0.2, 0.25) is 0 Å². The molecular formula is C29H29NO7. The lowest BCUT2D eigenvalue weighted by molar-refractivity contribution is -0.140. The molecule has 0 aliphatic carbocycles. The summed E-state index contributed by atoms with van der Waals surface area (Å²) in [5, 5.41) is 11.3. The topological polar surface area (TPSA) is 94.5 Å². The largest absolute Gasteiger partial charge is 0.507 e. The van der Waals surface area contributed by atoms with Crippen LogP contribution in [0.1, 0.15) is 24.1 Å². The summed E-state index contributed by atoms with van der Waals surface area (Å²) >= 11 is 0. The number of carbonyl (C=O) groups excluding carboxylic acids is 2. The number of hydrogen-bond acceptors (Lipinski definition) is 7. The molecule has 0 bridgehead atoms. The second kappa shape index (κ2) is 11.5. The van der Waals surface area contributed by atoms with Gasteiger partial charge in [-0.25, -0.2) is 0 Å². The van der Waals surface area contributed by atoms with E-state index in [4.69, 9.17) is 18.9 Å². The summed E-state index contributed by atoms with van der Waals surface area (Å²) in [4.78, 5) is 27.8. The van der Waals surface area contributed by atoms with E-state index in [0.29, 0.717) is 40.7 Å². The van der Waals surface area contributed by atoms with Gasteiger partial charge in [0.15, 0.2) is 0 Å². The fraction of sp³-hybridized carbons (Fsp3) is 0.241. The molecule has 1 atom stereocenters. The van der Waals surface area contributed by atoms with Gasteiger partial charge in [0, 0.05) is 5.56 Å². The number of benzene rings is 3. The van der Waals surface area contributed by atoms with E-state index in [1.807, 2.05) is 6.92 Å². The summed E-state index contributed by atoms with van der Waals surface area (Å²) in [5.74, 6) is 0.755. The van der Waals surface area contributed by atoms with Crippen LogP contribution in [0.3, 0.4) is 0 Å². The minimum absolute atomic E-state index is 0.00765. The SMILES string of the molecule is CCOc1cccc(/C(O)=C2/C(=O)C(=O)N(CCOc3ccc(OC)cc3)C2c2ccc(OC)cc2)c1. The van der Waals surface area contributed by atoms with E-state index in [0.717, 1.165) is 0 Å². The van der Waals surface area contributed by atoms with Crippen molar-refractivity contribution in [1.82, 2.24) is 4.90 Å². The number of aliphatic hydroxyl groups excluding tert-OH is 1. The molecule has 1 heterocycles. The van der Waals surface area contributed by atoms with Crippen LogP contribution in [0.25, 0.3) is 5.76 Å². The molecule has 1 aliphatic rings. The number of ether oxygens (including phenoxy) is 4. The smallest absolute Gasteiger partial charge is 0.295 e. The summed E-state index contributed by atoms with van der Waals surface area (Å²) in [5.41, 5.74) is 1.05. The fourth-order valence-corrected chi connectivity index (χ4v) is 4.23. The number of rotatable bonds is 10. The molecule has 1 amide bonds. The number of nitrogens with zero attached hydrogens (tertiary/aromatic N) is 1. The molecule has 3 aromatic carbocycles. The minimum atomic E-state index is -0.805. The van der Waals surface area contributed by atoms with E-state index >= 15 is 0 Å². The van der Waals surface area contributed by atoms with Crippen LogP contribution in [0.15, 0.2) is 78.4 Å². The average molecular weight is 504 g/mol. The molecule has 37 heavy (non-hydrogen) atoms. The Kier molecular flexibility index (Phi) is 7.98. The van der Waals surface area contributed by atoms with Crippen LogP contribution in [-0.2, 0) is 9.59 Å². The standard InChI is InChI=1S/C29H29NO7/c1-4-36-24-7-5-6-20(18-24)27(31)25-26(19-8-10-21(34-2)11-9-19)30(29(33)28(25)32)16-17-37-23-14-12-22(35-3)13-15-23/h5-15,18,26,31H,4,16-17H2,1-3H3/b27-25-. The molecule has 1 aliphatic heterocycles. The third kappa shape index (κ3) is 5.53. The molecule has 1 N–H and O–H groups in total. The van der Waals surface area contributed by atoms with Gasteiger partial charge in [0.05, 0.1) is 39.0 Å². The number of methoxy groups -OCH3 is 2. The second-order valence-corrected chi connectivity index (χ2v) is 8.25. The third-order valence-electron chi connectivity index (χ3n) is 6.05. The van der Waals surface area contributed by atoms with Crippen molar-refractivity contribution in [3.63, 3.8) is 0 Å². The molecule has 0 saturated carbocycles. The van der Waals surface area contributed by atoms with E-state index in [2.05, 4.69) is 0 Å². The number of amides is 1. The number of Topliss-reactive ketones (excluding diaryl/α,β-unsaturated/α-hetero) is 1. The zero-order valence-corrected chi connectivity index (χ0v) is 21.0. The second-order valence-electron chi connectivity index (χ2n) is 8.25. The predicted molar refractivity (Wildman–Crippen MR) is 138 cm³/mol. The van der Waals surface area contributed by atoms with Crippen LogP contribution in [0.2, 0.25) is 0 Å². The first-order valence-electron chi connectivity index (χ1n) is 11.9. The van der Waals surface area contributed by atoms with Gasteiger partial charge in [-0.3, -0.25) is 9.59 Å². The third-order valence-corrected chi connectivity index (χ3v) is 6.05. The first kappa shape index (κ1) is 25.6. The summed E-state index contributed by atoms with van der Waals surface area (Å²) in [7, 11) is 3.14. The van der Waals surface area contributed by atoms with Crippen LogP contribution in [0.5, 0.6) is 23.0 Å². The minimum Gasteiger partial charge on any atom is -0.507 e. The number of carbonyl (C=O) groups is 2. The van der Waals surface area contributed by atoms with Gasteiger partial charge in [0.25, 0.3) is 11.7 Å². The summed E-state index contributed by atoms with van der Waals surface area (Å²) in [6, 6.07) is 20.1. The van der Waals surface area contributed by atoms with Gasteiger partial charge >= 0.3 is 0 Å². The van der Waals surface area contributed by atoms with E-state index in [1.54, 1.807) is 87.0 Å².